The van der Waals surface area contributed by atoms with Crippen molar-refractivity contribution in [3.05, 3.63) is 52.9 Å². The van der Waals surface area contributed by atoms with E-state index in [1.54, 1.807) is 35.2 Å². The summed E-state index contributed by atoms with van der Waals surface area (Å²) in [6.45, 7) is 4.08. The molecule has 1 aromatic carbocycles. The average Bonchev–Trinajstić information content (AvgIpc) is 3.15. The molecule has 2 aromatic heterocycles. The Labute approximate surface area is 192 Å². The second-order valence-corrected chi connectivity index (χ2v) is 9.71. The zero-order valence-corrected chi connectivity index (χ0v) is 19.2. The third kappa shape index (κ3) is 3.51. The number of furan rings is 1. The number of nitrogens with one attached hydrogen (secondary N) is 1. The van der Waals surface area contributed by atoms with Crippen LogP contribution < -0.4 is 10.2 Å². The summed E-state index contributed by atoms with van der Waals surface area (Å²) < 4.78 is 7.70. The SMILES string of the molecule is Cc1cc2c(cc3n2CC(C)(C(=O)NC2CCCCCC2)N(c2ccc(Cl)cc2)C3=O)o1. The van der Waals surface area contributed by atoms with E-state index in [1.165, 1.54) is 12.8 Å². The highest BCUT2D eigenvalue weighted by molar-refractivity contribution is 6.30. The van der Waals surface area contributed by atoms with E-state index in [2.05, 4.69) is 5.32 Å². The Morgan fingerprint density at radius 2 is 1.81 bits per heavy atom. The first-order valence-corrected chi connectivity index (χ1v) is 11.8. The number of carbonyl (C=O) groups excluding carboxylic acids is 2. The number of carbonyl (C=O) groups is 2. The number of anilines is 1. The van der Waals surface area contributed by atoms with Crippen molar-refractivity contribution in [2.45, 2.75) is 70.5 Å². The van der Waals surface area contributed by atoms with Crippen LogP contribution in [-0.2, 0) is 11.3 Å². The first kappa shape index (κ1) is 21.1. The van der Waals surface area contributed by atoms with Gasteiger partial charge in [0.15, 0.2) is 5.58 Å². The fourth-order valence-corrected chi connectivity index (χ4v) is 5.29. The first-order valence-electron chi connectivity index (χ1n) is 11.4. The minimum atomic E-state index is -1.10. The molecule has 1 unspecified atom stereocenters. The number of rotatable bonds is 3. The Bertz CT molecular complexity index is 1170. The Morgan fingerprint density at radius 3 is 2.50 bits per heavy atom. The van der Waals surface area contributed by atoms with Gasteiger partial charge in [0.2, 0.25) is 5.91 Å². The number of aryl methyl sites for hydroxylation is 1. The molecule has 1 N–H and O–H groups in total. The van der Waals surface area contributed by atoms with Gasteiger partial charge in [-0.25, -0.2) is 0 Å². The van der Waals surface area contributed by atoms with Gasteiger partial charge in [-0.05, 0) is 51.0 Å². The average molecular weight is 454 g/mol. The number of nitrogens with zero attached hydrogens (tertiary/aromatic N) is 2. The standard InChI is InChI=1S/C25H28ClN3O3/c1-16-13-20-22(32-16)14-21-23(30)29(19-11-9-17(26)10-12-19)25(2,15-28(20)21)24(31)27-18-7-5-3-4-6-8-18/h9-14,18H,3-8,15H2,1-2H3,(H,27,31). The minimum absolute atomic E-state index is 0.125. The molecule has 168 valence electrons. The van der Waals surface area contributed by atoms with Crippen molar-refractivity contribution >= 4 is 40.2 Å². The minimum Gasteiger partial charge on any atom is -0.460 e. The van der Waals surface area contributed by atoms with E-state index in [1.807, 2.05) is 24.5 Å². The van der Waals surface area contributed by atoms with Crippen LogP contribution in [0.5, 0.6) is 0 Å². The van der Waals surface area contributed by atoms with Crippen LogP contribution in [0.15, 0.2) is 40.8 Å². The maximum Gasteiger partial charge on any atom is 0.276 e. The molecule has 1 fully saturated rings. The van der Waals surface area contributed by atoms with Gasteiger partial charge in [0.1, 0.15) is 17.0 Å². The van der Waals surface area contributed by atoms with Crippen LogP contribution in [0.25, 0.3) is 11.1 Å². The molecule has 2 aliphatic rings. The van der Waals surface area contributed by atoms with E-state index < -0.39 is 5.54 Å². The number of halogens is 1. The molecule has 1 aliphatic carbocycles. The summed E-state index contributed by atoms with van der Waals surface area (Å²) in [4.78, 5) is 29.2. The smallest absolute Gasteiger partial charge is 0.276 e. The molecule has 3 aromatic rings. The van der Waals surface area contributed by atoms with Gasteiger partial charge in [0.25, 0.3) is 5.91 Å². The highest BCUT2D eigenvalue weighted by Gasteiger charge is 2.49. The number of benzene rings is 1. The molecular formula is C25H28ClN3O3. The van der Waals surface area contributed by atoms with E-state index in [4.69, 9.17) is 16.0 Å². The van der Waals surface area contributed by atoms with Gasteiger partial charge in [-0.3, -0.25) is 14.5 Å². The Kier molecular flexibility index (Phi) is 5.28. The molecule has 1 atom stereocenters. The van der Waals surface area contributed by atoms with Gasteiger partial charge in [0.05, 0.1) is 12.1 Å². The fourth-order valence-electron chi connectivity index (χ4n) is 5.16. The van der Waals surface area contributed by atoms with Crippen LogP contribution in [0.4, 0.5) is 5.69 Å². The summed E-state index contributed by atoms with van der Waals surface area (Å²) in [5, 5.41) is 3.86. The molecule has 7 heteroatoms. The van der Waals surface area contributed by atoms with E-state index in [0.29, 0.717) is 28.5 Å². The highest BCUT2D eigenvalue weighted by Crippen LogP contribution is 2.37. The van der Waals surface area contributed by atoms with Gasteiger partial charge in [-0.1, -0.05) is 37.3 Å². The molecule has 6 nitrogen and oxygen atoms in total. The summed E-state index contributed by atoms with van der Waals surface area (Å²) >= 11 is 6.10. The Balaban J connectivity index is 1.58. The number of amides is 2. The number of hydrogen-bond donors (Lipinski definition) is 1. The van der Waals surface area contributed by atoms with Crippen molar-refractivity contribution in [1.82, 2.24) is 9.88 Å². The second-order valence-electron chi connectivity index (χ2n) is 9.28. The second kappa shape index (κ2) is 8.00. The maximum absolute atomic E-state index is 13.8. The highest BCUT2D eigenvalue weighted by atomic mass is 35.5. The summed E-state index contributed by atoms with van der Waals surface area (Å²) in [6.07, 6.45) is 6.64. The summed E-state index contributed by atoms with van der Waals surface area (Å²) in [5.74, 6) is 0.434. The van der Waals surface area contributed by atoms with Gasteiger partial charge >= 0.3 is 0 Å². The van der Waals surface area contributed by atoms with Crippen LogP contribution in [0, 0.1) is 6.92 Å². The molecule has 0 spiro atoms. The lowest BCUT2D eigenvalue weighted by Crippen LogP contribution is -2.65. The van der Waals surface area contributed by atoms with Crippen molar-refractivity contribution in [2.24, 2.45) is 0 Å². The molecule has 0 saturated heterocycles. The van der Waals surface area contributed by atoms with Crippen LogP contribution >= 0.6 is 11.6 Å². The lowest BCUT2D eigenvalue weighted by Gasteiger charge is -2.44. The number of hydrogen-bond acceptors (Lipinski definition) is 3. The maximum atomic E-state index is 13.8. The molecule has 0 bridgehead atoms. The molecular weight excluding hydrogens is 426 g/mol. The third-order valence-electron chi connectivity index (χ3n) is 6.86. The molecule has 5 rings (SSSR count). The van der Waals surface area contributed by atoms with Crippen molar-refractivity contribution in [1.29, 1.82) is 0 Å². The van der Waals surface area contributed by atoms with Crippen molar-refractivity contribution in [2.75, 3.05) is 4.90 Å². The molecule has 2 amide bonds. The lowest BCUT2D eigenvalue weighted by molar-refractivity contribution is -0.127. The Morgan fingerprint density at radius 1 is 1.12 bits per heavy atom. The summed E-state index contributed by atoms with van der Waals surface area (Å²) in [5.41, 5.74) is 1.58. The van der Waals surface area contributed by atoms with E-state index >= 15 is 0 Å². The summed E-state index contributed by atoms with van der Waals surface area (Å²) in [6, 6.07) is 10.9. The van der Waals surface area contributed by atoms with Crippen LogP contribution in [-0.4, -0.2) is 28.0 Å². The predicted molar refractivity (Wildman–Crippen MR) is 125 cm³/mol. The van der Waals surface area contributed by atoms with Gasteiger partial charge in [-0.15, -0.1) is 0 Å². The van der Waals surface area contributed by atoms with Gasteiger partial charge in [-0.2, -0.15) is 0 Å². The predicted octanol–water partition coefficient (Wildman–Crippen LogP) is 5.45. The molecule has 32 heavy (non-hydrogen) atoms. The van der Waals surface area contributed by atoms with Crippen LogP contribution in [0.1, 0.15) is 61.7 Å². The fraction of sp³-hybridized carbons (Fsp3) is 0.440. The normalized spacial score (nSPS) is 22.1. The van der Waals surface area contributed by atoms with Crippen LogP contribution in [0.2, 0.25) is 5.02 Å². The van der Waals surface area contributed by atoms with Crippen LogP contribution in [0.3, 0.4) is 0 Å². The van der Waals surface area contributed by atoms with Crippen molar-refractivity contribution < 1.29 is 14.0 Å². The van der Waals surface area contributed by atoms with Gasteiger partial charge < -0.3 is 14.3 Å². The first-order chi connectivity index (χ1) is 15.4. The number of aromatic nitrogens is 1. The van der Waals surface area contributed by atoms with Gasteiger partial charge in [0, 0.05) is 28.9 Å². The monoisotopic (exact) mass is 453 g/mol. The number of fused-ring (bicyclic) bond motifs is 3. The van der Waals surface area contributed by atoms with Crippen molar-refractivity contribution in [3.8, 4) is 0 Å². The zero-order valence-electron chi connectivity index (χ0n) is 18.5. The zero-order chi connectivity index (χ0) is 22.5. The molecule has 1 saturated carbocycles. The third-order valence-corrected chi connectivity index (χ3v) is 7.11. The quantitative estimate of drug-likeness (QED) is 0.536. The van der Waals surface area contributed by atoms with Crippen molar-refractivity contribution in [3.63, 3.8) is 0 Å². The van der Waals surface area contributed by atoms with E-state index in [9.17, 15) is 9.59 Å². The summed E-state index contributed by atoms with van der Waals surface area (Å²) in [7, 11) is 0. The topological polar surface area (TPSA) is 67.5 Å². The molecule has 3 heterocycles. The van der Waals surface area contributed by atoms with E-state index in [0.717, 1.165) is 37.0 Å². The molecule has 1 aliphatic heterocycles. The largest absolute Gasteiger partial charge is 0.460 e. The van der Waals surface area contributed by atoms with E-state index in [-0.39, 0.29) is 17.9 Å². The Hall–Kier alpha value is -2.73. The molecule has 0 radical (unpaired) electrons. The lowest BCUT2D eigenvalue weighted by atomic mass is 9.92.